The first-order valence-electron chi connectivity index (χ1n) is 8.94. The van der Waals surface area contributed by atoms with Gasteiger partial charge in [-0.3, -0.25) is 25.0 Å². The number of benzene rings is 3. The SMILES string of the molecule is COc1ccc(Oc2ccc(/C=C/C(=O)c3cccc([N+](=O)[O-])c3)cc2[N+](=O)[O-])cc1. The fourth-order valence-corrected chi connectivity index (χ4v) is 2.68. The Kier molecular flexibility index (Phi) is 6.36. The molecule has 0 heterocycles. The molecule has 0 amide bonds. The molecule has 0 saturated heterocycles. The van der Waals surface area contributed by atoms with Gasteiger partial charge in [0, 0.05) is 23.8 Å². The maximum atomic E-state index is 12.3. The number of methoxy groups -OCH3 is 1. The van der Waals surface area contributed by atoms with Gasteiger partial charge >= 0.3 is 5.69 Å². The number of ether oxygens (including phenoxy) is 2. The molecule has 0 aromatic heterocycles. The summed E-state index contributed by atoms with van der Waals surface area (Å²) in [4.78, 5) is 33.4. The number of nitro groups is 2. The van der Waals surface area contributed by atoms with Crippen molar-refractivity contribution in [3.63, 3.8) is 0 Å². The number of hydrogen-bond donors (Lipinski definition) is 0. The zero-order chi connectivity index (χ0) is 22.4. The minimum atomic E-state index is -0.592. The third-order valence-corrected chi connectivity index (χ3v) is 4.24. The molecule has 0 saturated carbocycles. The number of allylic oxidation sites excluding steroid dienone is 1. The summed E-state index contributed by atoms with van der Waals surface area (Å²) in [6, 6.07) is 16.1. The van der Waals surface area contributed by atoms with Crippen LogP contribution in [0.2, 0.25) is 0 Å². The number of non-ortho nitro benzene ring substituents is 1. The van der Waals surface area contributed by atoms with Crippen LogP contribution < -0.4 is 9.47 Å². The van der Waals surface area contributed by atoms with Gasteiger partial charge in [0.05, 0.1) is 17.0 Å². The highest BCUT2D eigenvalue weighted by Crippen LogP contribution is 2.33. The minimum absolute atomic E-state index is 0.0392. The minimum Gasteiger partial charge on any atom is -0.497 e. The number of ketones is 1. The summed E-state index contributed by atoms with van der Waals surface area (Å²) in [7, 11) is 1.52. The molecule has 0 radical (unpaired) electrons. The average Bonchev–Trinajstić information content (AvgIpc) is 2.78. The van der Waals surface area contributed by atoms with Gasteiger partial charge in [-0.2, -0.15) is 0 Å². The van der Waals surface area contributed by atoms with Crippen LogP contribution in [0.3, 0.4) is 0 Å². The van der Waals surface area contributed by atoms with Crippen molar-refractivity contribution in [1.82, 2.24) is 0 Å². The van der Waals surface area contributed by atoms with Crippen molar-refractivity contribution in [3.8, 4) is 17.2 Å². The summed E-state index contributed by atoms with van der Waals surface area (Å²) in [6.07, 6.45) is 2.59. The van der Waals surface area contributed by atoms with Crippen LogP contribution in [-0.4, -0.2) is 22.7 Å². The predicted molar refractivity (Wildman–Crippen MR) is 113 cm³/mol. The molecular formula is C22H16N2O7. The highest BCUT2D eigenvalue weighted by molar-refractivity contribution is 6.07. The van der Waals surface area contributed by atoms with Crippen LogP contribution in [0.25, 0.3) is 6.08 Å². The van der Waals surface area contributed by atoms with Gasteiger partial charge in [-0.15, -0.1) is 0 Å². The fourth-order valence-electron chi connectivity index (χ4n) is 2.68. The largest absolute Gasteiger partial charge is 0.497 e. The summed E-state index contributed by atoms with van der Waals surface area (Å²) in [6.45, 7) is 0. The van der Waals surface area contributed by atoms with E-state index in [-0.39, 0.29) is 22.7 Å². The first-order valence-corrected chi connectivity index (χ1v) is 8.94. The molecule has 0 atom stereocenters. The third kappa shape index (κ3) is 5.30. The quantitative estimate of drug-likeness (QED) is 0.212. The molecule has 3 rings (SSSR count). The highest BCUT2D eigenvalue weighted by atomic mass is 16.6. The second-order valence-corrected chi connectivity index (χ2v) is 6.27. The van der Waals surface area contributed by atoms with Gasteiger partial charge in [0.25, 0.3) is 5.69 Å². The van der Waals surface area contributed by atoms with Crippen LogP contribution in [0.4, 0.5) is 11.4 Å². The van der Waals surface area contributed by atoms with Crippen molar-refractivity contribution in [3.05, 3.63) is 104 Å². The van der Waals surface area contributed by atoms with Crippen LogP contribution in [-0.2, 0) is 0 Å². The van der Waals surface area contributed by atoms with Gasteiger partial charge in [-0.05, 0) is 42.0 Å². The van der Waals surface area contributed by atoms with Gasteiger partial charge in [0.15, 0.2) is 5.78 Å². The normalized spacial score (nSPS) is 10.6. The van der Waals surface area contributed by atoms with Gasteiger partial charge in [-0.25, -0.2) is 0 Å². The molecule has 0 bridgehead atoms. The van der Waals surface area contributed by atoms with E-state index < -0.39 is 15.6 Å². The second-order valence-electron chi connectivity index (χ2n) is 6.27. The van der Waals surface area contributed by atoms with Gasteiger partial charge in [-0.1, -0.05) is 24.3 Å². The Morgan fingerprint density at radius 2 is 1.61 bits per heavy atom. The van der Waals surface area contributed by atoms with Gasteiger partial charge in [0.2, 0.25) is 5.75 Å². The molecule has 3 aromatic carbocycles. The lowest BCUT2D eigenvalue weighted by Gasteiger charge is -2.08. The predicted octanol–water partition coefficient (Wildman–Crippen LogP) is 5.20. The molecule has 0 spiro atoms. The van der Waals surface area contributed by atoms with Crippen molar-refractivity contribution >= 4 is 23.2 Å². The number of nitrogens with zero attached hydrogens (tertiary/aromatic N) is 2. The van der Waals surface area contributed by atoms with Gasteiger partial charge < -0.3 is 9.47 Å². The smallest absolute Gasteiger partial charge is 0.312 e. The van der Waals surface area contributed by atoms with E-state index in [9.17, 15) is 25.0 Å². The van der Waals surface area contributed by atoms with E-state index in [1.165, 1.54) is 55.7 Å². The molecular weight excluding hydrogens is 404 g/mol. The van der Waals surface area contributed by atoms with E-state index in [4.69, 9.17) is 9.47 Å². The van der Waals surface area contributed by atoms with Gasteiger partial charge in [0.1, 0.15) is 11.5 Å². The molecule has 3 aromatic rings. The molecule has 0 fully saturated rings. The number of nitro benzene ring substituents is 2. The van der Waals surface area contributed by atoms with Crippen molar-refractivity contribution in [2.24, 2.45) is 0 Å². The Balaban J connectivity index is 1.81. The summed E-state index contributed by atoms with van der Waals surface area (Å²) < 4.78 is 10.7. The second kappa shape index (κ2) is 9.31. The number of carbonyl (C=O) groups excluding carboxylic acids is 1. The summed E-state index contributed by atoms with van der Waals surface area (Å²) in [5, 5.41) is 22.3. The molecule has 9 nitrogen and oxygen atoms in total. The summed E-state index contributed by atoms with van der Waals surface area (Å²) in [5.74, 6) is 0.589. The maximum absolute atomic E-state index is 12.3. The van der Waals surface area contributed by atoms with E-state index >= 15 is 0 Å². The Labute approximate surface area is 176 Å². The third-order valence-electron chi connectivity index (χ3n) is 4.24. The molecule has 0 unspecified atom stereocenters. The number of rotatable bonds is 8. The Morgan fingerprint density at radius 3 is 2.26 bits per heavy atom. The van der Waals surface area contributed by atoms with Crippen molar-refractivity contribution in [1.29, 1.82) is 0 Å². The lowest BCUT2D eigenvalue weighted by Crippen LogP contribution is -1.97. The molecule has 0 N–H and O–H groups in total. The molecule has 0 aliphatic heterocycles. The molecule has 31 heavy (non-hydrogen) atoms. The summed E-state index contributed by atoms with van der Waals surface area (Å²) >= 11 is 0. The van der Waals surface area contributed by atoms with Crippen molar-refractivity contribution in [2.75, 3.05) is 7.11 Å². The van der Waals surface area contributed by atoms with Crippen LogP contribution in [0.15, 0.2) is 72.8 Å². The number of hydrogen-bond acceptors (Lipinski definition) is 7. The Bertz CT molecular complexity index is 1170. The zero-order valence-corrected chi connectivity index (χ0v) is 16.3. The first-order chi connectivity index (χ1) is 14.9. The maximum Gasteiger partial charge on any atom is 0.312 e. The number of carbonyl (C=O) groups is 1. The summed E-state index contributed by atoms with van der Waals surface area (Å²) in [5.41, 5.74) is 0.0580. The monoisotopic (exact) mass is 420 g/mol. The Morgan fingerprint density at radius 1 is 0.903 bits per heavy atom. The standard InChI is InChI=1S/C22H16N2O7/c1-30-18-7-9-19(10-8-18)31-22-12-6-15(13-20(22)24(28)29)5-11-21(25)16-3-2-4-17(14-16)23(26)27/h2-14H,1H3/b11-5+. The first kappa shape index (κ1) is 21.2. The van der Waals surface area contributed by atoms with Crippen LogP contribution >= 0.6 is 0 Å². The van der Waals surface area contributed by atoms with E-state index in [1.54, 1.807) is 30.3 Å². The molecule has 0 aliphatic rings. The topological polar surface area (TPSA) is 122 Å². The zero-order valence-electron chi connectivity index (χ0n) is 16.3. The van der Waals surface area contributed by atoms with Crippen LogP contribution in [0.1, 0.15) is 15.9 Å². The van der Waals surface area contributed by atoms with E-state index in [1.807, 2.05) is 0 Å². The fraction of sp³-hybridized carbons (Fsp3) is 0.0455. The molecule has 9 heteroatoms. The lowest BCUT2D eigenvalue weighted by molar-refractivity contribution is -0.385. The van der Waals surface area contributed by atoms with Crippen LogP contribution in [0, 0.1) is 20.2 Å². The van der Waals surface area contributed by atoms with Crippen molar-refractivity contribution in [2.45, 2.75) is 0 Å². The van der Waals surface area contributed by atoms with E-state index in [2.05, 4.69) is 0 Å². The Hall–Kier alpha value is -4.53. The highest BCUT2D eigenvalue weighted by Gasteiger charge is 2.17. The average molecular weight is 420 g/mol. The van der Waals surface area contributed by atoms with E-state index in [0.29, 0.717) is 17.1 Å². The lowest BCUT2D eigenvalue weighted by atomic mass is 10.1. The van der Waals surface area contributed by atoms with E-state index in [0.717, 1.165) is 0 Å². The molecule has 156 valence electrons. The van der Waals surface area contributed by atoms with Crippen LogP contribution in [0.5, 0.6) is 17.2 Å². The molecule has 0 aliphatic carbocycles. The van der Waals surface area contributed by atoms with Crippen molar-refractivity contribution < 1.29 is 24.1 Å².